The molecule has 27 heavy (non-hydrogen) atoms. The Labute approximate surface area is 160 Å². The van der Waals surface area contributed by atoms with Gasteiger partial charge in [0.1, 0.15) is 12.0 Å². The number of hydrogen-bond donors (Lipinski definition) is 2. The Bertz CT molecular complexity index is 832. The second kappa shape index (κ2) is 7.34. The van der Waals surface area contributed by atoms with Crippen LogP contribution in [0.2, 0.25) is 0 Å². The summed E-state index contributed by atoms with van der Waals surface area (Å²) in [7, 11) is 0. The molecule has 2 aliphatic rings. The highest BCUT2D eigenvalue weighted by Crippen LogP contribution is 2.49. The third-order valence-electron chi connectivity index (χ3n) is 6.43. The van der Waals surface area contributed by atoms with E-state index in [2.05, 4.69) is 36.5 Å². The van der Waals surface area contributed by atoms with Gasteiger partial charge in [0.05, 0.1) is 18.2 Å². The first-order chi connectivity index (χ1) is 13.1. The zero-order chi connectivity index (χ0) is 18.9. The van der Waals surface area contributed by atoms with Crippen molar-refractivity contribution in [3.63, 3.8) is 0 Å². The van der Waals surface area contributed by atoms with E-state index in [-0.39, 0.29) is 11.5 Å². The van der Waals surface area contributed by atoms with Crippen LogP contribution in [0.15, 0.2) is 48.5 Å². The highest BCUT2D eigenvalue weighted by atomic mass is 16.5. The molecule has 1 saturated carbocycles. The average molecular weight is 362 g/mol. The summed E-state index contributed by atoms with van der Waals surface area (Å²) in [6.07, 6.45) is 3.82. The highest BCUT2D eigenvalue weighted by molar-refractivity contribution is 5.43. The molecule has 1 aliphatic carbocycles. The van der Waals surface area contributed by atoms with Crippen molar-refractivity contribution in [1.82, 2.24) is 5.32 Å². The number of hydrogen-bond acceptors (Lipinski definition) is 4. The number of rotatable bonds is 4. The van der Waals surface area contributed by atoms with Crippen LogP contribution < -0.4 is 10.1 Å². The molecule has 2 aromatic carbocycles. The SMILES string of the molecule is CC(NC(O)c1ccc(C#N)cc1)[C@H]1CC[C@]2(CC1)COc1ccccc12. The molecule has 140 valence electrons. The van der Waals surface area contributed by atoms with Crippen LogP contribution in [0.1, 0.15) is 55.5 Å². The predicted molar refractivity (Wildman–Crippen MR) is 104 cm³/mol. The fraction of sp³-hybridized carbons (Fsp3) is 0.435. The Kier molecular flexibility index (Phi) is 4.90. The standard InChI is InChI=1S/C23H26N2O2/c1-16(25-22(26)19-8-6-17(14-24)7-9-19)18-10-12-23(13-11-18)15-27-21-5-3-2-4-20(21)23/h2-9,16,18,22,25-26H,10-13,15H2,1H3/t16?,18-,22?,23-. The maximum absolute atomic E-state index is 10.5. The molecule has 4 rings (SSSR count). The minimum atomic E-state index is -0.709. The number of nitriles is 1. The van der Waals surface area contributed by atoms with Gasteiger partial charge in [0.25, 0.3) is 0 Å². The molecule has 0 amide bonds. The number of benzene rings is 2. The molecule has 0 saturated heterocycles. The molecule has 1 heterocycles. The van der Waals surface area contributed by atoms with Crippen LogP contribution in [0, 0.1) is 17.2 Å². The first-order valence-electron chi connectivity index (χ1n) is 9.78. The number of para-hydroxylation sites is 1. The quantitative estimate of drug-likeness (QED) is 0.806. The molecular weight excluding hydrogens is 336 g/mol. The summed E-state index contributed by atoms with van der Waals surface area (Å²) < 4.78 is 5.95. The lowest BCUT2D eigenvalue weighted by Gasteiger charge is -2.39. The van der Waals surface area contributed by atoms with Gasteiger partial charge in [-0.3, -0.25) is 5.32 Å². The first-order valence-corrected chi connectivity index (χ1v) is 9.78. The van der Waals surface area contributed by atoms with E-state index in [1.807, 2.05) is 18.2 Å². The molecule has 2 unspecified atom stereocenters. The molecule has 0 aromatic heterocycles. The van der Waals surface area contributed by atoms with Crippen molar-refractivity contribution in [2.75, 3.05) is 6.61 Å². The van der Waals surface area contributed by atoms with E-state index in [1.54, 1.807) is 12.1 Å². The molecular formula is C23H26N2O2. The van der Waals surface area contributed by atoms with Crippen LogP contribution in [0.5, 0.6) is 5.75 Å². The highest BCUT2D eigenvalue weighted by Gasteiger charge is 2.43. The molecule has 0 bridgehead atoms. The van der Waals surface area contributed by atoms with Gasteiger partial charge in [-0.1, -0.05) is 30.3 Å². The van der Waals surface area contributed by atoms with Crippen molar-refractivity contribution in [2.24, 2.45) is 5.92 Å². The molecule has 1 aliphatic heterocycles. The Hall–Kier alpha value is -2.35. The van der Waals surface area contributed by atoms with Crippen LogP contribution in [-0.2, 0) is 5.41 Å². The van der Waals surface area contributed by atoms with Gasteiger partial charge in [-0.2, -0.15) is 5.26 Å². The topological polar surface area (TPSA) is 65.3 Å². The Morgan fingerprint density at radius 1 is 1.15 bits per heavy atom. The molecule has 1 spiro atoms. The molecule has 1 fully saturated rings. The first kappa shape index (κ1) is 18.0. The second-order valence-electron chi connectivity index (χ2n) is 7.99. The molecule has 4 nitrogen and oxygen atoms in total. The maximum atomic E-state index is 10.5. The summed E-state index contributed by atoms with van der Waals surface area (Å²) in [5.41, 5.74) is 2.96. The summed E-state index contributed by atoms with van der Waals surface area (Å²) in [5.74, 6) is 1.59. The summed E-state index contributed by atoms with van der Waals surface area (Å²) in [4.78, 5) is 0. The Morgan fingerprint density at radius 2 is 1.85 bits per heavy atom. The van der Waals surface area contributed by atoms with E-state index in [0.29, 0.717) is 11.5 Å². The molecule has 0 radical (unpaired) electrons. The number of nitrogens with zero attached hydrogens (tertiary/aromatic N) is 1. The van der Waals surface area contributed by atoms with Gasteiger partial charge in [-0.05, 0) is 62.3 Å². The van der Waals surface area contributed by atoms with Crippen molar-refractivity contribution in [2.45, 2.75) is 50.3 Å². The van der Waals surface area contributed by atoms with Crippen molar-refractivity contribution in [3.05, 3.63) is 65.2 Å². The lowest BCUT2D eigenvalue weighted by Crippen LogP contribution is -2.41. The van der Waals surface area contributed by atoms with Gasteiger partial charge in [-0.25, -0.2) is 0 Å². The minimum Gasteiger partial charge on any atom is -0.492 e. The fourth-order valence-corrected chi connectivity index (χ4v) is 4.65. The van der Waals surface area contributed by atoms with Crippen LogP contribution in [0.4, 0.5) is 0 Å². The third-order valence-corrected chi connectivity index (χ3v) is 6.43. The second-order valence-corrected chi connectivity index (χ2v) is 7.99. The van der Waals surface area contributed by atoms with Crippen molar-refractivity contribution in [1.29, 1.82) is 5.26 Å². The van der Waals surface area contributed by atoms with E-state index in [9.17, 15) is 5.11 Å². The third kappa shape index (κ3) is 3.45. The van der Waals surface area contributed by atoms with Crippen LogP contribution in [0.25, 0.3) is 0 Å². The maximum Gasteiger partial charge on any atom is 0.131 e. The number of aliphatic hydroxyl groups excluding tert-OH is 1. The van der Waals surface area contributed by atoms with Crippen LogP contribution >= 0.6 is 0 Å². The van der Waals surface area contributed by atoms with Crippen molar-refractivity contribution < 1.29 is 9.84 Å². The van der Waals surface area contributed by atoms with Gasteiger partial charge < -0.3 is 9.84 Å². The monoisotopic (exact) mass is 362 g/mol. The summed E-state index contributed by atoms with van der Waals surface area (Å²) in [6, 6.07) is 17.9. The summed E-state index contributed by atoms with van der Waals surface area (Å²) in [5, 5.41) is 22.7. The smallest absolute Gasteiger partial charge is 0.131 e. The van der Waals surface area contributed by atoms with E-state index in [4.69, 9.17) is 10.00 Å². The van der Waals surface area contributed by atoms with Gasteiger partial charge in [0.2, 0.25) is 0 Å². The normalized spacial score (nSPS) is 26.0. The lowest BCUT2D eigenvalue weighted by atomic mass is 9.66. The van der Waals surface area contributed by atoms with E-state index >= 15 is 0 Å². The Morgan fingerprint density at radius 3 is 2.56 bits per heavy atom. The van der Waals surface area contributed by atoms with Crippen LogP contribution in [0.3, 0.4) is 0 Å². The van der Waals surface area contributed by atoms with Gasteiger partial charge in [0.15, 0.2) is 0 Å². The van der Waals surface area contributed by atoms with Crippen molar-refractivity contribution >= 4 is 0 Å². The molecule has 2 N–H and O–H groups in total. The number of fused-ring (bicyclic) bond motifs is 2. The fourth-order valence-electron chi connectivity index (χ4n) is 4.65. The molecule has 2 atom stereocenters. The van der Waals surface area contributed by atoms with Gasteiger partial charge in [0, 0.05) is 17.0 Å². The largest absolute Gasteiger partial charge is 0.492 e. The minimum absolute atomic E-state index is 0.179. The van der Waals surface area contributed by atoms with E-state index in [0.717, 1.165) is 43.6 Å². The number of aliphatic hydroxyl groups is 1. The van der Waals surface area contributed by atoms with E-state index in [1.165, 1.54) is 5.56 Å². The van der Waals surface area contributed by atoms with E-state index < -0.39 is 6.23 Å². The number of ether oxygens (including phenoxy) is 1. The molecule has 2 aromatic rings. The average Bonchev–Trinajstić information content (AvgIpc) is 3.07. The Balaban J connectivity index is 1.36. The lowest BCUT2D eigenvalue weighted by molar-refractivity contribution is 0.0946. The van der Waals surface area contributed by atoms with Crippen molar-refractivity contribution in [3.8, 4) is 11.8 Å². The zero-order valence-electron chi connectivity index (χ0n) is 15.7. The molecule has 4 heteroatoms. The number of nitrogens with one attached hydrogen (secondary N) is 1. The predicted octanol–water partition coefficient (Wildman–Crippen LogP) is 4.05. The van der Waals surface area contributed by atoms with Crippen LogP contribution in [-0.4, -0.2) is 17.8 Å². The summed E-state index contributed by atoms with van der Waals surface area (Å²) in [6.45, 7) is 2.96. The summed E-state index contributed by atoms with van der Waals surface area (Å²) >= 11 is 0. The van der Waals surface area contributed by atoms with Gasteiger partial charge >= 0.3 is 0 Å². The zero-order valence-corrected chi connectivity index (χ0v) is 15.7. The van der Waals surface area contributed by atoms with Gasteiger partial charge in [-0.15, -0.1) is 0 Å².